The van der Waals surface area contributed by atoms with Gasteiger partial charge in [0.15, 0.2) is 10.8 Å². The van der Waals surface area contributed by atoms with Crippen molar-refractivity contribution in [3.63, 3.8) is 0 Å². The van der Waals surface area contributed by atoms with Crippen LogP contribution in [0.2, 0.25) is 0 Å². The molecule has 0 aliphatic rings. The third-order valence-electron chi connectivity index (χ3n) is 2.95. The smallest absolute Gasteiger partial charge is 0.355 e. The maximum atomic E-state index is 10.7. The highest BCUT2D eigenvalue weighted by Gasteiger charge is 2.09. The van der Waals surface area contributed by atoms with Gasteiger partial charge in [-0.25, -0.2) is 9.78 Å². The molecule has 100 valence electrons. The first-order valence-corrected chi connectivity index (χ1v) is 7.02. The van der Waals surface area contributed by atoms with Gasteiger partial charge in [-0.3, -0.25) is 0 Å². The molecule has 1 aromatic carbocycles. The quantitative estimate of drug-likeness (QED) is 0.848. The monoisotopic (exact) mass is 276 g/mol. The fourth-order valence-electron chi connectivity index (χ4n) is 1.80. The van der Waals surface area contributed by atoms with Crippen molar-refractivity contribution in [1.82, 2.24) is 4.98 Å². The summed E-state index contributed by atoms with van der Waals surface area (Å²) < 4.78 is 0. The number of carboxylic acids is 1. The zero-order valence-corrected chi connectivity index (χ0v) is 11.5. The summed E-state index contributed by atoms with van der Waals surface area (Å²) in [5.74, 6) is -0.519. The van der Waals surface area contributed by atoms with Crippen molar-refractivity contribution in [1.29, 1.82) is 0 Å². The summed E-state index contributed by atoms with van der Waals surface area (Å²) in [7, 11) is 0. The van der Waals surface area contributed by atoms with Crippen molar-refractivity contribution in [3.05, 3.63) is 47.0 Å². The molecule has 1 atom stereocenters. The van der Waals surface area contributed by atoms with Gasteiger partial charge < -0.3 is 10.4 Å². The van der Waals surface area contributed by atoms with Gasteiger partial charge in [0.25, 0.3) is 0 Å². The number of carboxylic acid groups (broad SMARTS) is 1. The van der Waals surface area contributed by atoms with Gasteiger partial charge in [0.05, 0.1) is 0 Å². The van der Waals surface area contributed by atoms with E-state index in [1.165, 1.54) is 16.9 Å². The van der Waals surface area contributed by atoms with Crippen molar-refractivity contribution in [3.8, 4) is 0 Å². The van der Waals surface area contributed by atoms with Crippen LogP contribution < -0.4 is 5.32 Å². The van der Waals surface area contributed by atoms with Crippen LogP contribution >= 0.6 is 11.3 Å². The Hall–Kier alpha value is -1.88. The summed E-state index contributed by atoms with van der Waals surface area (Å²) in [6.07, 6.45) is 0.978. The first-order chi connectivity index (χ1) is 9.16. The summed E-state index contributed by atoms with van der Waals surface area (Å²) in [4.78, 5) is 14.7. The van der Waals surface area contributed by atoms with Crippen LogP contribution in [0.15, 0.2) is 35.7 Å². The molecule has 0 bridgehead atoms. The van der Waals surface area contributed by atoms with Gasteiger partial charge >= 0.3 is 5.97 Å². The molecular formula is C14H16N2O2S. The Morgan fingerprint density at radius 2 is 2.16 bits per heavy atom. The van der Waals surface area contributed by atoms with Crippen molar-refractivity contribution in [2.24, 2.45) is 0 Å². The van der Waals surface area contributed by atoms with Crippen molar-refractivity contribution < 1.29 is 9.90 Å². The minimum Gasteiger partial charge on any atom is -0.476 e. The summed E-state index contributed by atoms with van der Waals surface area (Å²) >= 11 is 1.32. The lowest BCUT2D eigenvalue weighted by Crippen LogP contribution is -2.06. The van der Waals surface area contributed by atoms with Gasteiger partial charge in [-0.15, -0.1) is 11.3 Å². The Labute approximate surface area is 116 Å². The first-order valence-electron chi connectivity index (χ1n) is 6.14. The van der Waals surface area contributed by atoms with Crippen molar-refractivity contribution in [2.45, 2.75) is 19.3 Å². The maximum absolute atomic E-state index is 10.7. The van der Waals surface area contributed by atoms with Crippen LogP contribution in [-0.4, -0.2) is 22.6 Å². The van der Waals surface area contributed by atoms with Gasteiger partial charge in [-0.05, 0) is 17.9 Å². The minimum absolute atomic E-state index is 0.101. The van der Waals surface area contributed by atoms with Crippen molar-refractivity contribution >= 4 is 22.4 Å². The van der Waals surface area contributed by atoms with E-state index in [4.69, 9.17) is 5.11 Å². The zero-order chi connectivity index (χ0) is 13.7. The van der Waals surface area contributed by atoms with Gasteiger partial charge in [0, 0.05) is 11.9 Å². The number of rotatable bonds is 6. The second-order valence-corrected chi connectivity index (χ2v) is 5.23. The number of nitrogens with zero attached hydrogens (tertiary/aromatic N) is 1. The number of nitrogens with one attached hydrogen (secondary N) is 1. The summed E-state index contributed by atoms with van der Waals surface area (Å²) in [6.45, 7) is 2.96. The molecule has 0 aliphatic carbocycles. The highest BCUT2D eigenvalue weighted by molar-refractivity contribution is 7.13. The molecule has 1 unspecified atom stereocenters. The Balaban J connectivity index is 1.81. The number of aromatic nitrogens is 1. The van der Waals surface area contributed by atoms with Gasteiger partial charge in [0.1, 0.15) is 0 Å². The molecule has 1 aromatic heterocycles. The number of benzene rings is 1. The molecule has 19 heavy (non-hydrogen) atoms. The van der Waals surface area contributed by atoms with Crippen LogP contribution in [0.25, 0.3) is 0 Å². The molecule has 0 amide bonds. The predicted octanol–water partition coefficient (Wildman–Crippen LogP) is 3.45. The van der Waals surface area contributed by atoms with E-state index in [0.29, 0.717) is 11.0 Å². The number of hydrogen-bond acceptors (Lipinski definition) is 4. The molecular weight excluding hydrogens is 260 g/mol. The molecule has 2 rings (SSSR count). The van der Waals surface area contributed by atoms with Gasteiger partial charge in [-0.2, -0.15) is 0 Å². The standard InChI is InChI=1S/C14H16N2O2S/c1-10(11-5-3-2-4-6-11)7-8-15-14-16-12(9-19-14)13(17)18/h2-6,9-10H,7-8H2,1H3,(H,15,16)(H,17,18). The number of hydrogen-bond donors (Lipinski definition) is 2. The third-order valence-corrected chi connectivity index (χ3v) is 3.75. The average molecular weight is 276 g/mol. The Morgan fingerprint density at radius 3 is 2.79 bits per heavy atom. The molecule has 4 nitrogen and oxygen atoms in total. The van der Waals surface area contributed by atoms with Gasteiger partial charge in [0.2, 0.25) is 0 Å². The number of carbonyl (C=O) groups is 1. The van der Waals surface area contributed by atoms with E-state index in [1.54, 1.807) is 5.38 Å². The number of anilines is 1. The number of thiazole rings is 1. The molecule has 1 heterocycles. The predicted molar refractivity (Wildman–Crippen MR) is 77.0 cm³/mol. The maximum Gasteiger partial charge on any atom is 0.355 e. The molecule has 0 spiro atoms. The molecule has 5 heteroatoms. The fraction of sp³-hybridized carbons (Fsp3) is 0.286. The molecule has 0 saturated heterocycles. The average Bonchev–Trinajstić information content (AvgIpc) is 2.89. The molecule has 0 radical (unpaired) electrons. The van der Waals surface area contributed by atoms with E-state index in [9.17, 15) is 4.79 Å². The van der Waals surface area contributed by atoms with Gasteiger partial charge in [-0.1, -0.05) is 37.3 Å². The summed E-state index contributed by atoms with van der Waals surface area (Å²) in [6, 6.07) is 10.3. The normalized spacial score (nSPS) is 12.1. The van der Waals surface area contributed by atoms with E-state index in [0.717, 1.165) is 13.0 Å². The molecule has 2 aromatic rings. The minimum atomic E-state index is -0.984. The van der Waals surface area contributed by atoms with E-state index >= 15 is 0 Å². The lowest BCUT2D eigenvalue weighted by Gasteiger charge is -2.11. The van der Waals surface area contributed by atoms with Crippen LogP contribution in [0.1, 0.15) is 35.3 Å². The Morgan fingerprint density at radius 1 is 1.42 bits per heavy atom. The first kappa shape index (κ1) is 13.5. The fourth-order valence-corrected chi connectivity index (χ4v) is 2.51. The highest BCUT2D eigenvalue weighted by atomic mass is 32.1. The Bertz CT molecular complexity index is 539. The third kappa shape index (κ3) is 3.79. The van der Waals surface area contributed by atoms with E-state index < -0.39 is 5.97 Å². The molecule has 0 fully saturated rings. The zero-order valence-electron chi connectivity index (χ0n) is 10.7. The van der Waals surface area contributed by atoms with Crippen LogP contribution in [0.3, 0.4) is 0 Å². The second kappa shape index (κ2) is 6.33. The highest BCUT2D eigenvalue weighted by Crippen LogP contribution is 2.20. The lowest BCUT2D eigenvalue weighted by molar-refractivity contribution is 0.0691. The lowest BCUT2D eigenvalue weighted by atomic mass is 9.98. The van der Waals surface area contributed by atoms with E-state index in [1.807, 2.05) is 18.2 Å². The molecule has 0 saturated carbocycles. The summed E-state index contributed by atoms with van der Waals surface area (Å²) in [5, 5.41) is 14.2. The van der Waals surface area contributed by atoms with E-state index in [-0.39, 0.29) is 5.69 Å². The largest absolute Gasteiger partial charge is 0.476 e. The topological polar surface area (TPSA) is 62.2 Å². The molecule has 0 aliphatic heterocycles. The summed E-state index contributed by atoms with van der Waals surface area (Å²) in [5.41, 5.74) is 1.42. The molecule has 2 N–H and O–H groups in total. The SMILES string of the molecule is CC(CCNc1nc(C(=O)O)cs1)c1ccccc1. The van der Waals surface area contributed by atoms with Crippen LogP contribution in [0.5, 0.6) is 0 Å². The van der Waals surface area contributed by atoms with Crippen LogP contribution in [-0.2, 0) is 0 Å². The van der Waals surface area contributed by atoms with E-state index in [2.05, 4.69) is 29.4 Å². The van der Waals surface area contributed by atoms with Crippen LogP contribution in [0, 0.1) is 0 Å². The second-order valence-electron chi connectivity index (χ2n) is 4.37. The number of aromatic carboxylic acids is 1. The Kier molecular flexibility index (Phi) is 4.52. The van der Waals surface area contributed by atoms with Crippen molar-refractivity contribution in [2.75, 3.05) is 11.9 Å². The van der Waals surface area contributed by atoms with Crippen LogP contribution in [0.4, 0.5) is 5.13 Å².